The van der Waals surface area contributed by atoms with Gasteiger partial charge in [-0.25, -0.2) is 0 Å². The summed E-state index contributed by atoms with van der Waals surface area (Å²) < 4.78 is 0. The number of nitrogens with one attached hydrogen (secondary N) is 1. The zero-order chi connectivity index (χ0) is 16.9. The number of nitrogens with two attached hydrogens (primary N) is 1. The summed E-state index contributed by atoms with van der Waals surface area (Å²) in [5.41, 5.74) is 7.97. The summed E-state index contributed by atoms with van der Waals surface area (Å²) in [6, 6.07) is 8.14. The smallest absolute Gasteiger partial charge is 0.223 e. The minimum Gasteiger partial charge on any atom is -0.352 e. The Bertz CT molecular complexity index is 602. The van der Waals surface area contributed by atoms with Crippen molar-refractivity contribution < 1.29 is 9.59 Å². The summed E-state index contributed by atoms with van der Waals surface area (Å²) >= 11 is 0. The molecule has 24 heavy (non-hydrogen) atoms. The first-order valence-corrected chi connectivity index (χ1v) is 9.00. The quantitative estimate of drug-likeness (QED) is 0.835. The number of amides is 2. The number of nitrogens with zero attached hydrogens (tertiary/aromatic N) is 1. The van der Waals surface area contributed by atoms with Crippen molar-refractivity contribution >= 4 is 11.8 Å². The number of benzene rings is 1. The van der Waals surface area contributed by atoms with Crippen molar-refractivity contribution in [3.63, 3.8) is 0 Å². The van der Waals surface area contributed by atoms with Gasteiger partial charge in [-0.3, -0.25) is 9.59 Å². The summed E-state index contributed by atoms with van der Waals surface area (Å²) in [5, 5.41) is 3.06. The standard InChI is InChI=1S/C19H27N3O2/c20-11-16-6-2-7-17(16)19(24)21-12-14-4-1-5-15(10-14)13-22-9-3-8-18(22)23/h1,4-5,10,16-17H,2-3,6-9,11-13,20H2,(H,21,24)/t16-,17-/m1/s1. The minimum atomic E-state index is 0.0698. The molecule has 1 saturated carbocycles. The van der Waals surface area contributed by atoms with E-state index in [1.165, 1.54) is 0 Å². The highest BCUT2D eigenvalue weighted by molar-refractivity contribution is 5.79. The van der Waals surface area contributed by atoms with Crippen molar-refractivity contribution in [3.8, 4) is 0 Å². The molecular formula is C19H27N3O2. The van der Waals surface area contributed by atoms with Crippen LogP contribution in [-0.2, 0) is 22.7 Å². The average molecular weight is 329 g/mol. The van der Waals surface area contributed by atoms with E-state index >= 15 is 0 Å². The van der Waals surface area contributed by atoms with E-state index in [4.69, 9.17) is 5.73 Å². The highest BCUT2D eigenvalue weighted by Crippen LogP contribution is 2.31. The molecule has 1 aliphatic carbocycles. The molecular weight excluding hydrogens is 302 g/mol. The van der Waals surface area contributed by atoms with E-state index in [-0.39, 0.29) is 17.7 Å². The van der Waals surface area contributed by atoms with Crippen LogP contribution in [0.5, 0.6) is 0 Å². The Kier molecular flexibility index (Phi) is 5.51. The summed E-state index contributed by atoms with van der Waals surface area (Å²) in [4.78, 5) is 26.0. The highest BCUT2D eigenvalue weighted by atomic mass is 16.2. The summed E-state index contributed by atoms with van der Waals surface area (Å²) in [7, 11) is 0. The third-order valence-electron chi connectivity index (χ3n) is 5.30. The third-order valence-corrected chi connectivity index (χ3v) is 5.30. The summed E-state index contributed by atoms with van der Waals surface area (Å²) in [6.07, 6.45) is 4.73. The minimum absolute atomic E-state index is 0.0698. The van der Waals surface area contributed by atoms with Crippen LogP contribution < -0.4 is 11.1 Å². The van der Waals surface area contributed by atoms with Gasteiger partial charge in [-0.05, 0) is 42.9 Å². The topological polar surface area (TPSA) is 75.4 Å². The Balaban J connectivity index is 1.54. The zero-order valence-electron chi connectivity index (χ0n) is 14.2. The lowest BCUT2D eigenvalue weighted by molar-refractivity contribution is -0.128. The Hall–Kier alpha value is -1.88. The lowest BCUT2D eigenvalue weighted by Crippen LogP contribution is -2.34. The Morgan fingerprint density at radius 3 is 2.83 bits per heavy atom. The first-order valence-electron chi connectivity index (χ1n) is 9.00. The third kappa shape index (κ3) is 3.96. The molecule has 0 unspecified atom stereocenters. The van der Waals surface area contributed by atoms with Crippen molar-refractivity contribution in [2.24, 2.45) is 17.6 Å². The fourth-order valence-corrected chi connectivity index (χ4v) is 3.91. The fraction of sp³-hybridized carbons (Fsp3) is 0.579. The normalized spacial score (nSPS) is 23.7. The maximum Gasteiger partial charge on any atom is 0.223 e. The summed E-state index contributed by atoms with van der Waals surface area (Å²) in [5.74, 6) is 0.767. The van der Waals surface area contributed by atoms with Crippen LogP contribution in [-0.4, -0.2) is 29.8 Å². The van der Waals surface area contributed by atoms with Gasteiger partial charge in [0.25, 0.3) is 0 Å². The Morgan fingerprint density at radius 1 is 1.25 bits per heavy atom. The second-order valence-corrected chi connectivity index (χ2v) is 6.99. The molecule has 1 aliphatic heterocycles. The number of carbonyl (C=O) groups is 2. The molecule has 5 nitrogen and oxygen atoms in total. The van der Waals surface area contributed by atoms with Crippen LogP contribution >= 0.6 is 0 Å². The van der Waals surface area contributed by atoms with Crippen LogP contribution in [0, 0.1) is 11.8 Å². The van der Waals surface area contributed by atoms with E-state index in [9.17, 15) is 9.59 Å². The predicted octanol–water partition coefficient (Wildman–Crippen LogP) is 1.80. The molecule has 0 aromatic heterocycles. The van der Waals surface area contributed by atoms with Crippen LogP contribution in [0.1, 0.15) is 43.2 Å². The first-order chi connectivity index (χ1) is 11.7. The van der Waals surface area contributed by atoms with Gasteiger partial charge in [0, 0.05) is 32.0 Å². The van der Waals surface area contributed by atoms with E-state index in [0.29, 0.717) is 32.0 Å². The first kappa shape index (κ1) is 17.0. The maximum atomic E-state index is 12.4. The molecule has 1 saturated heterocycles. The van der Waals surface area contributed by atoms with Gasteiger partial charge in [0.15, 0.2) is 0 Å². The van der Waals surface area contributed by atoms with Gasteiger partial charge < -0.3 is 16.0 Å². The van der Waals surface area contributed by atoms with Crippen molar-refractivity contribution in [3.05, 3.63) is 35.4 Å². The maximum absolute atomic E-state index is 12.4. The molecule has 3 rings (SSSR count). The van der Waals surface area contributed by atoms with Gasteiger partial charge in [0.1, 0.15) is 0 Å². The van der Waals surface area contributed by atoms with Gasteiger partial charge in [0.2, 0.25) is 11.8 Å². The number of carbonyl (C=O) groups excluding carboxylic acids is 2. The molecule has 1 aromatic rings. The van der Waals surface area contributed by atoms with E-state index in [0.717, 1.165) is 43.4 Å². The molecule has 2 fully saturated rings. The number of hydrogen-bond donors (Lipinski definition) is 2. The molecule has 1 heterocycles. The molecule has 0 bridgehead atoms. The van der Waals surface area contributed by atoms with Crippen LogP contribution in [0.3, 0.4) is 0 Å². The number of rotatable bonds is 6. The Labute approximate surface area is 143 Å². The lowest BCUT2D eigenvalue weighted by atomic mass is 9.95. The monoisotopic (exact) mass is 329 g/mol. The van der Waals surface area contributed by atoms with Gasteiger partial charge in [-0.2, -0.15) is 0 Å². The van der Waals surface area contributed by atoms with Crippen molar-refractivity contribution in [1.29, 1.82) is 0 Å². The SMILES string of the molecule is NC[C@H]1CCC[C@H]1C(=O)NCc1cccc(CN2CCCC2=O)c1. The molecule has 130 valence electrons. The van der Waals surface area contributed by atoms with Crippen LogP contribution in [0.15, 0.2) is 24.3 Å². The molecule has 3 N–H and O–H groups in total. The van der Waals surface area contributed by atoms with Crippen LogP contribution in [0.25, 0.3) is 0 Å². The van der Waals surface area contributed by atoms with Crippen molar-refractivity contribution in [1.82, 2.24) is 10.2 Å². The van der Waals surface area contributed by atoms with E-state index in [1.54, 1.807) is 0 Å². The lowest BCUT2D eigenvalue weighted by Gasteiger charge is -2.18. The highest BCUT2D eigenvalue weighted by Gasteiger charge is 2.31. The van der Waals surface area contributed by atoms with Crippen molar-refractivity contribution in [2.45, 2.75) is 45.2 Å². The number of likely N-dealkylation sites (tertiary alicyclic amines) is 1. The molecule has 2 aliphatic rings. The van der Waals surface area contributed by atoms with Gasteiger partial charge in [-0.15, -0.1) is 0 Å². The van der Waals surface area contributed by atoms with E-state index < -0.39 is 0 Å². The second-order valence-electron chi connectivity index (χ2n) is 6.99. The molecule has 2 amide bonds. The van der Waals surface area contributed by atoms with Gasteiger partial charge in [-0.1, -0.05) is 30.7 Å². The van der Waals surface area contributed by atoms with Crippen LogP contribution in [0.2, 0.25) is 0 Å². The largest absolute Gasteiger partial charge is 0.352 e. The van der Waals surface area contributed by atoms with Gasteiger partial charge in [0.05, 0.1) is 0 Å². The molecule has 1 aromatic carbocycles. The summed E-state index contributed by atoms with van der Waals surface area (Å²) in [6.45, 7) is 2.65. The predicted molar refractivity (Wildman–Crippen MR) is 92.8 cm³/mol. The van der Waals surface area contributed by atoms with Crippen molar-refractivity contribution in [2.75, 3.05) is 13.1 Å². The molecule has 2 atom stereocenters. The van der Waals surface area contributed by atoms with E-state index in [1.807, 2.05) is 23.1 Å². The molecule has 0 radical (unpaired) electrons. The Morgan fingerprint density at radius 2 is 2.08 bits per heavy atom. The molecule has 0 spiro atoms. The second kappa shape index (κ2) is 7.79. The van der Waals surface area contributed by atoms with Crippen LogP contribution in [0.4, 0.5) is 0 Å². The van der Waals surface area contributed by atoms with E-state index in [2.05, 4.69) is 11.4 Å². The van der Waals surface area contributed by atoms with Gasteiger partial charge >= 0.3 is 0 Å². The molecule has 5 heteroatoms. The fourth-order valence-electron chi connectivity index (χ4n) is 3.91. The number of hydrogen-bond acceptors (Lipinski definition) is 3. The zero-order valence-corrected chi connectivity index (χ0v) is 14.2. The average Bonchev–Trinajstić information content (AvgIpc) is 3.22.